The van der Waals surface area contributed by atoms with Gasteiger partial charge in [-0.2, -0.15) is 0 Å². The number of aromatic nitrogens is 1. The summed E-state index contributed by atoms with van der Waals surface area (Å²) < 4.78 is 5.61. The molecule has 2 atom stereocenters. The Labute approximate surface area is 146 Å². The van der Waals surface area contributed by atoms with Gasteiger partial charge in [-0.25, -0.2) is 4.98 Å². The van der Waals surface area contributed by atoms with E-state index in [1.807, 2.05) is 13.8 Å². The molecular formula is C18H33N5O. The number of nitrogens with zero attached hydrogens (tertiary/aromatic N) is 3. The Hall–Kier alpha value is -1.56. The van der Waals surface area contributed by atoms with E-state index in [9.17, 15) is 0 Å². The summed E-state index contributed by atoms with van der Waals surface area (Å²) in [6, 6.07) is 0. The zero-order chi connectivity index (χ0) is 17.7. The number of hydrogen-bond donors (Lipinski definition) is 2. The maximum atomic E-state index is 5.61. The van der Waals surface area contributed by atoms with Gasteiger partial charge >= 0.3 is 0 Å². The Morgan fingerprint density at radius 3 is 2.67 bits per heavy atom. The molecule has 1 fully saturated rings. The molecule has 0 aromatic carbocycles. The average molecular weight is 335 g/mol. The minimum Gasteiger partial charge on any atom is -0.444 e. The molecule has 24 heavy (non-hydrogen) atoms. The molecule has 0 saturated heterocycles. The number of guanidine groups is 1. The summed E-state index contributed by atoms with van der Waals surface area (Å²) in [4.78, 5) is 11.1. The Kier molecular flexibility index (Phi) is 6.27. The molecule has 0 amide bonds. The van der Waals surface area contributed by atoms with Gasteiger partial charge in [-0.1, -0.05) is 19.8 Å². The highest BCUT2D eigenvalue weighted by Crippen LogP contribution is 2.35. The average Bonchev–Trinajstić information content (AvgIpc) is 2.85. The van der Waals surface area contributed by atoms with E-state index in [2.05, 4.69) is 46.5 Å². The van der Waals surface area contributed by atoms with Crippen LogP contribution in [0.1, 0.15) is 50.0 Å². The maximum Gasteiger partial charge on any atom is 0.214 e. The van der Waals surface area contributed by atoms with Crippen molar-refractivity contribution in [2.45, 2.75) is 58.5 Å². The van der Waals surface area contributed by atoms with Gasteiger partial charge in [0.25, 0.3) is 0 Å². The predicted octanol–water partition coefficient (Wildman–Crippen LogP) is 2.47. The molecular weight excluding hydrogens is 302 g/mol. The van der Waals surface area contributed by atoms with E-state index < -0.39 is 0 Å². The van der Waals surface area contributed by atoms with Crippen LogP contribution in [0.25, 0.3) is 0 Å². The third kappa shape index (κ3) is 4.50. The molecule has 2 N–H and O–H groups in total. The molecule has 136 valence electrons. The summed E-state index contributed by atoms with van der Waals surface area (Å²) in [5.41, 5.74) is 1.14. The van der Waals surface area contributed by atoms with Crippen LogP contribution in [0, 0.1) is 19.8 Å². The molecule has 1 saturated carbocycles. The second-order valence-corrected chi connectivity index (χ2v) is 7.35. The molecule has 0 bridgehead atoms. The lowest BCUT2D eigenvalue weighted by atomic mass is 9.75. The predicted molar refractivity (Wildman–Crippen MR) is 98.2 cm³/mol. The fourth-order valence-corrected chi connectivity index (χ4v) is 3.60. The highest BCUT2D eigenvalue weighted by Gasteiger charge is 2.36. The monoisotopic (exact) mass is 335 g/mol. The smallest absolute Gasteiger partial charge is 0.214 e. The van der Waals surface area contributed by atoms with E-state index in [0.29, 0.717) is 12.4 Å². The lowest BCUT2D eigenvalue weighted by Gasteiger charge is -2.45. The molecule has 1 aliphatic rings. The van der Waals surface area contributed by atoms with Crippen molar-refractivity contribution in [1.82, 2.24) is 20.5 Å². The number of hydrogen-bond acceptors (Lipinski definition) is 4. The molecule has 0 radical (unpaired) electrons. The molecule has 1 aromatic rings. The highest BCUT2D eigenvalue weighted by molar-refractivity contribution is 5.79. The lowest BCUT2D eigenvalue weighted by Crippen LogP contribution is -2.56. The molecule has 1 aliphatic carbocycles. The van der Waals surface area contributed by atoms with Crippen molar-refractivity contribution in [1.29, 1.82) is 0 Å². The first-order valence-electron chi connectivity index (χ1n) is 8.91. The third-order valence-corrected chi connectivity index (χ3v) is 5.30. The Balaban J connectivity index is 1.92. The van der Waals surface area contributed by atoms with E-state index in [0.717, 1.165) is 29.9 Å². The van der Waals surface area contributed by atoms with Crippen molar-refractivity contribution in [2.24, 2.45) is 10.9 Å². The van der Waals surface area contributed by atoms with Crippen LogP contribution in [0.2, 0.25) is 0 Å². The number of aryl methyl sites for hydroxylation is 2. The van der Waals surface area contributed by atoms with Crippen LogP contribution < -0.4 is 10.6 Å². The van der Waals surface area contributed by atoms with E-state index in [1.165, 1.54) is 25.7 Å². The maximum absolute atomic E-state index is 5.61. The van der Waals surface area contributed by atoms with Crippen molar-refractivity contribution in [3.63, 3.8) is 0 Å². The summed E-state index contributed by atoms with van der Waals surface area (Å²) >= 11 is 0. The summed E-state index contributed by atoms with van der Waals surface area (Å²) in [6.07, 6.45) is 5.09. The second-order valence-electron chi connectivity index (χ2n) is 7.35. The van der Waals surface area contributed by atoms with Gasteiger partial charge in [0.15, 0.2) is 5.96 Å². The standard InChI is InChI=1S/C18H33N5O/c1-13-8-7-9-18(10-13,23(5)6)12-21-17(19-4)20-11-16-22-14(2)15(3)24-16/h13H,7-12H2,1-6H3,(H2,19,20,21). The number of rotatable bonds is 5. The molecule has 6 heteroatoms. The second kappa shape index (κ2) is 8.01. The third-order valence-electron chi connectivity index (χ3n) is 5.30. The van der Waals surface area contributed by atoms with Crippen LogP contribution in [0.4, 0.5) is 0 Å². The van der Waals surface area contributed by atoms with Gasteiger partial charge in [0.2, 0.25) is 5.89 Å². The molecule has 0 aliphatic heterocycles. The largest absolute Gasteiger partial charge is 0.444 e. The van der Waals surface area contributed by atoms with Crippen molar-refractivity contribution < 1.29 is 4.42 Å². The van der Waals surface area contributed by atoms with Crippen LogP contribution >= 0.6 is 0 Å². The van der Waals surface area contributed by atoms with Gasteiger partial charge < -0.3 is 20.0 Å². The Morgan fingerprint density at radius 2 is 2.12 bits per heavy atom. The minimum absolute atomic E-state index is 0.200. The lowest BCUT2D eigenvalue weighted by molar-refractivity contribution is 0.0795. The number of oxazole rings is 1. The normalized spacial score (nSPS) is 25.1. The van der Waals surface area contributed by atoms with Crippen molar-refractivity contribution in [2.75, 3.05) is 27.7 Å². The van der Waals surface area contributed by atoms with Crippen LogP contribution in [-0.2, 0) is 6.54 Å². The first kappa shape index (κ1) is 18.8. The zero-order valence-electron chi connectivity index (χ0n) is 16.1. The summed E-state index contributed by atoms with van der Waals surface area (Å²) in [5.74, 6) is 3.14. The van der Waals surface area contributed by atoms with Crippen molar-refractivity contribution >= 4 is 5.96 Å². The first-order chi connectivity index (χ1) is 11.4. The molecule has 2 rings (SSSR count). The van der Waals surface area contributed by atoms with Crippen LogP contribution in [0.15, 0.2) is 9.41 Å². The van der Waals surface area contributed by atoms with Gasteiger partial charge in [-0.3, -0.25) is 4.99 Å². The molecule has 0 spiro atoms. The van der Waals surface area contributed by atoms with Gasteiger partial charge in [0.1, 0.15) is 5.76 Å². The quantitative estimate of drug-likeness (QED) is 0.639. The van der Waals surface area contributed by atoms with Gasteiger partial charge in [0.05, 0.1) is 12.2 Å². The van der Waals surface area contributed by atoms with Gasteiger partial charge in [0, 0.05) is 19.1 Å². The minimum atomic E-state index is 0.200. The molecule has 2 unspecified atom stereocenters. The number of likely N-dealkylation sites (N-methyl/N-ethyl adjacent to an activating group) is 1. The summed E-state index contributed by atoms with van der Waals surface area (Å²) in [6.45, 7) is 7.69. The topological polar surface area (TPSA) is 65.7 Å². The van der Waals surface area contributed by atoms with E-state index in [1.54, 1.807) is 7.05 Å². The molecule has 1 heterocycles. The summed E-state index contributed by atoms with van der Waals surface area (Å²) in [7, 11) is 6.18. The van der Waals surface area contributed by atoms with E-state index in [-0.39, 0.29) is 5.54 Å². The number of nitrogens with one attached hydrogen (secondary N) is 2. The molecule has 6 nitrogen and oxygen atoms in total. The van der Waals surface area contributed by atoms with Crippen LogP contribution in [0.3, 0.4) is 0 Å². The summed E-state index contributed by atoms with van der Waals surface area (Å²) in [5, 5.41) is 6.80. The van der Waals surface area contributed by atoms with Crippen molar-refractivity contribution in [3.8, 4) is 0 Å². The van der Waals surface area contributed by atoms with Crippen molar-refractivity contribution in [3.05, 3.63) is 17.3 Å². The van der Waals surface area contributed by atoms with E-state index in [4.69, 9.17) is 4.42 Å². The Morgan fingerprint density at radius 1 is 1.38 bits per heavy atom. The van der Waals surface area contributed by atoms with Gasteiger partial charge in [-0.05, 0) is 46.7 Å². The Bertz CT molecular complexity index is 546. The fourth-order valence-electron chi connectivity index (χ4n) is 3.60. The first-order valence-corrected chi connectivity index (χ1v) is 8.91. The van der Waals surface area contributed by atoms with E-state index >= 15 is 0 Å². The number of aliphatic imine (C=N–C) groups is 1. The van der Waals surface area contributed by atoms with Crippen LogP contribution in [0.5, 0.6) is 0 Å². The SMILES string of the molecule is CN=C(NCc1nc(C)c(C)o1)NCC1(N(C)C)CCCC(C)C1. The highest BCUT2D eigenvalue weighted by atomic mass is 16.4. The zero-order valence-corrected chi connectivity index (χ0v) is 16.1. The van der Waals surface area contributed by atoms with Crippen LogP contribution in [-0.4, -0.2) is 49.1 Å². The molecule has 1 aromatic heterocycles. The van der Waals surface area contributed by atoms with Gasteiger partial charge in [-0.15, -0.1) is 0 Å². The fraction of sp³-hybridized carbons (Fsp3) is 0.778.